The third kappa shape index (κ3) is 2.99. The fraction of sp³-hybridized carbons (Fsp3) is 0.615. The van der Waals surface area contributed by atoms with E-state index in [-0.39, 0.29) is 24.1 Å². The Hall–Kier alpha value is -1.47. The van der Waals surface area contributed by atoms with Gasteiger partial charge in [-0.2, -0.15) is 0 Å². The summed E-state index contributed by atoms with van der Waals surface area (Å²) in [4.78, 5) is 30.1. The Morgan fingerprint density at radius 3 is 2.85 bits per heavy atom. The molecule has 1 aliphatic rings. The first-order valence-electron chi connectivity index (χ1n) is 6.54. The molecule has 7 heteroatoms. The Bertz CT molecular complexity index is 508. The molecule has 2 rings (SSSR count). The highest BCUT2D eigenvalue weighted by atomic mass is 32.1. The van der Waals surface area contributed by atoms with E-state index in [2.05, 4.69) is 4.98 Å². The molecule has 0 radical (unpaired) electrons. The molecule has 0 bridgehead atoms. The topological polar surface area (TPSA) is 68.7 Å². The molecule has 1 saturated heterocycles. The summed E-state index contributed by atoms with van der Waals surface area (Å²) in [6.07, 6.45) is 0.917. The number of carbonyl (C=O) groups excluding carboxylic acids is 2. The SMILES string of the molecule is CCOC(=O)c1nc(N(C)C2CCOC2)sc1C(C)=O. The molecule has 1 atom stereocenters. The van der Waals surface area contributed by atoms with E-state index in [1.54, 1.807) is 6.92 Å². The molecule has 1 aromatic rings. The number of ether oxygens (including phenoxy) is 2. The van der Waals surface area contributed by atoms with Gasteiger partial charge in [-0.15, -0.1) is 0 Å². The number of nitrogens with zero attached hydrogens (tertiary/aromatic N) is 2. The Kier molecular flexibility index (Phi) is 4.72. The number of hydrogen-bond acceptors (Lipinski definition) is 7. The number of thiazole rings is 1. The number of esters is 1. The second-order valence-corrected chi connectivity index (χ2v) is 5.56. The van der Waals surface area contributed by atoms with Crippen LogP contribution in [0.15, 0.2) is 0 Å². The molecule has 1 aromatic heterocycles. The second kappa shape index (κ2) is 6.32. The summed E-state index contributed by atoms with van der Waals surface area (Å²) < 4.78 is 10.3. The van der Waals surface area contributed by atoms with Crippen LogP contribution in [0.25, 0.3) is 0 Å². The highest BCUT2D eigenvalue weighted by Crippen LogP contribution is 2.29. The number of ketones is 1. The van der Waals surface area contributed by atoms with Crippen LogP contribution in [0.2, 0.25) is 0 Å². The Balaban J connectivity index is 2.28. The number of aromatic nitrogens is 1. The van der Waals surface area contributed by atoms with Crippen molar-refractivity contribution >= 4 is 28.2 Å². The summed E-state index contributed by atoms with van der Waals surface area (Å²) in [5, 5.41) is 0.647. The van der Waals surface area contributed by atoms with Gasteiger partial charge in [0.1, 0.15) is 4.88 Å². The molecular formula is C13H18N2O4S. The molecule has 0 saturated carbocycles. The Labute approximate surface area is 121 Å². The van der Waals surface area contributed by atoms with Crippen molar-refractivity contribution in [2.75, 3.05) is 31.8 Å². The zero-order valence-electron chi connectivity index (χ0n) is 11.8. The minimum atomic E-state index is -0.545. The van der Waals surface area contributed by atoms with E-state index in [0.717, 1.165) is 13.0 Å². The second-order valence-electron chi connectivity index (χ2n) is 4.58. The summed E-state index contributed by atoms with van der Waals surface area (Å²) in [5.41, 5.74) is 0.116. The van der Waals surface area contributed by atoms with E-state index in [1.807, 2.05) is 11.9 Å². The molecule has 1 aliphatic heterocycles. The molecule has 2 heterocycles. The van der Waals surface area contributed by atoms with Crippen molar-refractivity contribution in [2.24, 2.45) is 0 Å². The summed E-state index contributed by atoms with van der Waals surface area (Å²) >= 11 is 1.23. The molecule has 6 nitrogen and oxygen atoms in total. The van der Waals surface area contributed by atoms with Gasteiger partial charge in [0.25, 0.3) is 0 Å². The van der Waals surface area contributed by atoms with Gasteiger partial charge < -0.3 is 14.4 Å². The van der Waals surface area contributed by atoms with Crippen molar-refractivity contribution in [1.29, 1.82) is 0 Å². The molecule has 20 heavy (non-hydrogen) atoms. The van der Waals surface area contributed by atoms with Crippen molar-refractivity contribution in [3.05, 3.63) is 10.6 Å². The van der Waals surface area contributed by atoms with Crippen LogP contribution < -0.4 is 4.90 Å². The first kappa shape index (κ1) is 14.9. The molecule has 0 N–H and O–H groups in total. The van der Waals surface area contributed by atoms with Crippen LogP contribution in [0, 0.1) is 0 Å². The standard InChI is InChI=1S/C13H18N2O4S/c1-4-19-12(17)10-11(8(2)16)20-13(14-10)15(3)9-5-6-18-7-9/h9H,4-7H2,1-3H3. The number of Topliss-reactive ketones (excluding diaryl/α,β-unsaturated/α-hetero) is 1. The molecule has 1 fully saturated rings. The molecular weight excluding hydrogens is 280 g/mol. The number of hydrogen-bond donors (Lipinski definition) is 0. The molecule has 0 aromatic carbocycles. The third-order valence-electron chi connectivity index (χ3n) is 3.16. The number of carbonyl (C=O) groups is 2. The molecule has 0 amide bonds. The minimum Gasteiger partial charge on any atom is -0.461 e. The van der Waals surface area contributed by atoms with Crippen molar-refractivity contribution in [3.63, 3.8) is 0 Å². The lowest BCUT2D eigenvalue weighted by Gasteiger charge is -2.21. The van der Waals surface area contributed by atoms with E-state index in [9.17, 15) is 9.59 Å². The maximum atomic E-state index is 11.9. The fourth-order valence-electron chi connectivity index (χ4n) is 2.02. The van der Waals surface area contributed by atoms with Crippen LogP contribution in [0.3, 0.4) is 0 Å². The van der Waals surface area contributed by atoms with Crippen LogP contribution in [0.4, 0.5) is 5.13 Å². The van der Waals surface area contributed by atoms with E-state index in [1.165, 1.54) is 18.3 Å². The average molecular weight is 298 g/mol. The highest BCUT2D eigenvalue weighted by Gasteiger charge is 2.27. The zero-order chi connectivity index (χ0) is 14.7. The quantitative estimate of drug-likeness (QED) is 0.609. The molecule has 110 valence electrons. The lowest BCUT2D eigenvalue weighted by atomic mass is 10.2. The Morgan fingerprint density at radius 1 is 1.55 bits per heavy atom. The maximum absolute atomic E-state index is 11.9. The summed E-state index contributed by atoms with van der Waals surface area (Å²) in [6, 6.07) is 0.232. The van der Waals surface area contributed by atoms with Gasteiger partial charge in [-0.1, -0.05) is 11.3 Å². The third-order valence-corrected chi connectivity index (χ3v) is 4.41. The summed E-state index contributed by atoms with van der Waals surface area (Å²) in [6.45, 7) is 4.78. The van der Waals surface area contributed by atoms with Gasteiger partial charge in [0.15, 0.2) is 16.6 Å². The van der Waals surface area contributed by atoms with Crippen molar-refractivity contribution < 1.29 is 19.1 Å². The van der Waals surface area contributed by atoms with E-state index < -0.39 is 5.97 Å². The van der Waals surface area contributed by atoms with Crippen molar-refractivity contribution in [1.82, 2.24) is 4.98 Å². The molecule has 1 unspecified atom stereocenters. The predicted molar refractivity (Wildman–Crippen MR) is 75.7 cm³/mol. The maximum Gasteiger partial charge on any atom is 0.358 e. The monoisotopic (exact) mass is 298 g/mol. The van der Waals surface area contributed by atoms with Gasteiger partial charge in [-0.25, -0.2) is 9.78 Å². The number of likely N-dealkylation sites (N-methyl/N-ethyl adjacent to an activating group) is 1. The first-order valence-corrected chi connectivity index (χ1v) is 7.35. The number of rotatable bonds is 5. The normalized spacial score (nSPS) is 18.1. The zero-order valence-corrected chi connectivity index (χ0v) is 12.7. The van der Waals surface area contributed by atoms with E-state index in [4.69, 9.17) is 9.47 Å². The van der Waals surface area contributed by atoms with Crippen LogP contribution in [0.1, 0.15) is 40.4 Å². The van der Waals surface area contributed by atoms with E-state index in [0.29, 0.717) is 16.6 Å². The van der Waals surface area contributed by atoms with Crippen LogP contribution >= 0.6 is 11.3 Å². The van der Waals surface area contributed by atoms with Gasteiger partial charge in [0.2, 0.25) is 0 Å². The first-order chi connectivity index (χ1) is 9.54. The highest BCUT2D eigenvalue weighted by molar-refractivity contribution is 7.17. The Morgan fingerprint density at radius 2 is 2.30 bits per heavy atom. The molecule has 0 spiro atoms. The van der Waals surface area contributed by atoms with Crippen LogP contribution in [-0.4, -0.2) is 49.6 Å². The van der Waals surface area contributed by atoms with Gasteiger partial charge in [0, 0.05) is 20.6 Å². The van der Waals surface area contributed by atoms with Crippen LogP contribution in [-0.2, 0) is 9.47 Å². The lowest BCUT2D eigenvalue weighted by molar-refractivity contribution is 0.0517. The van der Waals surface area contributed by atoms with E-state index >= 15 is 0 Å². The van der Waals surface area contributed by atoms with Gasteiger partial charge in [-0.3, -0.25) is 4.79 Å². The predicted octanol–water partition coefficient (Wildman–Crippen LogP) is 1.75. The number of anilines is 1. The average Bonchev–Trinajstić information content (AvgIpc) is 3.07. The summed E-state index contributed by atoms with van der Waals surface area (Å²) in [5.74, 6) is -0.718. The van der Waals surface area contributed by atoms with Crippen molar-refractivity contribution in [2.45, 2.75) is 26.3 Å². The van der Waals surface area contributed by atoms with Gasteiger partial charge in [-0.05, 0) is 13.3 Å². The van der Waals surface area contributed by atoms with Crippen LogP contribution in [0.5, 0.6) is 0 Å². The van der Waals surface area contributed by atoms with Gasteiger partial charge >= 0.3 is 5.97 Å². The minimum absolute atomic E-state index is 0.116. The fourth-order valence-corrected chi connectivity index (χ4v) is 3.00. The largest absolute Gasteiger partial charge is 0.461 e. The lowest BCUT2D eigenvalue weighted by Crippen LogP contribution is -2.31. The smallest absolute Gasteiger partial charge is 0.358 e. The van der Waals surface area contributed by atoms with Crippen molar-refractivity contribution in [3.8, 4) is 0 Å². The summed E-state index contributed by atoms with van der Waals surface area (Å²) in [7, 11) is 1.90. The van der Waals surface area contributed by atoms with Gasteiger partial charge in [0.05, 0.1) is 19.3 Å². The molecule has 0 aliphatic carbocycles.